The van der Waals surface area contributed by atoms with E-state index in [0.717, 1.165) is 5.56 Å². The fourth-order valence-electron chi connectivity index (χ4n) is 1.90. The van der Waals surface area contributed by atoms with E-state index >= 15 is 0 Å². The fraction of sp³-hybridized carbons (Fsp3) is 0.417. The van der Waals surface area contributed by atoms with Gasteiger partial charge in [-0.2, -0.15) is 0 Å². The molecule has 0 N–H and O–H groups in total. The zero-order valence-electron chi connectivity index (χ0n) is 10.1. The van der Waals surface area contributed by atoms with Gasteiger partial charge in [0.15, 0.2) is 0 Å². The molecule has 0 unspecified atom stereocenters. The van der Waals surface area contributed by atoms with Gasteiger partial charge < -0.3 is 0 Å². The maximum atomic E-state index is 11.9. The maximum Gasteiger partial charge on any atom is 0.255 e. The number of carbonyl (C=O) groups excluding carboxylic acids is 1. The van der Waals surface area contributed by atoms with Gasteiger partial charge in [0.1, 0.15) is 12.6 Å². The smallest absolute Gasteiger partial charge is 0.255 e. The van der Waals surface area contributed by atoms with Crippen LogP contribution in [-0.4, -0.2) is 23.6 Å². The Kier molecular flexibility index (Phi) is 3.82. The summed E-state index contributed by atoms with van der Waals surface area (Å²) in [6, 6.07) is 8.95. The average molecular weight is 246 g/mol. The quantitative estimate of drug-likeness (QED) is 0.464. The molecule has 94 valence electrons. The van der Waals surface area contributed by atoms with Gasteiger partial charge in [-0.15, -0.1) is 0 Å². The van der Waals surface area contributed by atoms with Crippen LogP contribution in [0.4, 0.5) is 0 Å². The van der Waals surface area contributed by atoms with Crippen LogP contribution in [0.3, 0.4) is 0 Å². The molecule has 0 aromatic heterocycles. The van der Waals surface area contributed by atoms with Crippen molar-refractivity contribution in [3.05, 3.63) is 46.3 Å². The summed E-state index contributed by atoms with van der Waals surface area (Å²) in [7, 11) is 0. The summed E-state index contributed by atoms with van der Waals surface area (Å²) in [6.07, 6.45) is 0. The number of hydroxylamine groups is 2. The van der Waals surface area contributed by atoms with Crippen LogP contribution in [0, 0.1) is 5.92 Å². The van der Waals surface area contributed by atoms with Crippen molar-refractivity contribution in [1.82, 2.24) is 5.06 Å². The molecule has 0 aliphatic carbocycles. The normalized spacial score (nSPS) is 22.9. The Morgan fingerprint density at radius 2 is 2.22 bits per heavy atom. The first kappa shape index (κ1) is 12.4. The van der Waals surface area contributed by atoms with E-state index < -0.39 is 6.04 Å². The molecule has 0 radical (unpaired) electrons. The second-order valence-electron chi connectivity index (χ2n) is 4.29. The Labute approximate surface area is 105 Å². The minimum absolute atomic E-state index is 0.0239. The van der Waals surface area contributed by atoms with Crippen LogP contribution in [0.25, 0.3) is 10.4 Å². The number of nitrogens with zero attached hydrogens (tertiary/aromatic N) is 4. The Bertz CT molecular complexity index is 470. The van der Waals surface area contributed by atoms with Crippen molar-refractivity contribution >= 4 is 5.91 Å². The van der Waals surface area contributed by atoms with Gasteiger partial charge >= 0.3 is 0 Å². The van der Waals surface area contributed by atoms with Crippen molar-refractivity contribution < 1.29 is 9.63 Å². The molecule has 1 fully saturated rings. The Hall–Kier alpha value is -2.04. The predicted octanol–water partition coefficient (Wildman–Crippen LogP) is 2.28. The fourth-order valence-corrected chi connectivity index (χ4v) is 1.90. The van der Waals surface area contributed by atoms with Crippen LogP contribution in [0.5, 0.6) is 0 Å². The van der Waals surface area contributed by atoms with Crippen molar-refractivity contribution in [2.24, 2.45) is 11.0 Å². The Morgan fingerprint density at radius 1 is 1.50 bits per heavy atom. The number of amides is 1. The Morgan fingerprint density at radius 3 is 2.89 bits per heavy atom. The largest absolute Gasteiger partial charge is 0.272 e. The molecule has 6 heteroatoms. The van der Waals surface area contributed by atoms with E-state index in [0.29, 0.717) is 13.2 Å². The van der Waals surface area contributed by atoms with Gasteiger partial charge in [0.25, 0.3) is 5.91 Å². The summed E-state index contributed by atoms with van der Waals surface area (Å²) < 4.78 is 0. The molecule has 1 amide bonds. The van der Waals surface area contributed by atoms with Crippen LogP contribution in [0.15, 0.2) is 35.4 Å². The molecule has 1 saturated heterocycles. The maximum absolute atomic E-state index is 11.9. The molecule has 1 aliphatic heterocycles. The minimum Gasteiger partial charge on any atom is -0.272 e. The summed E-state index contributed by atoms with van der Waals surface area (Å²) in [5.74, 6) is -0.291. The lowest BCUT2D eigenvalue weighted by Crippen LogP contribution is -2.28. The Balaban J connectivity index is 1.95. The number of hydrogen-bond acceptors (Lipinski definition) is 3. The highest BCUT2D eigenvalue weighted by Crippen LogP contribution is 2.22. The van der Waals surface area contributed by atoms with Gasteiger partial charge in [-0.05, 0) is 17.0 Å². The lowest BCUT2D eigenvalue weighted by atomic mass is 10.1. The highest BCUT2D eigenvalue weighted by atomic mass is 16.7. The second kappa shape index (κ2) is 5.53. The van der Waals surface area contributed by atoms with Gasteiger partial charge in [0, 0.05) is 4.91 Å². The van der Waals surface area contributed by atoms with E-state index in [2.05, 4.69) is 10.0 Å². The SMILES string of the molecule is C[C@@H]1CN(OCc2ccccc2)C(=O)[C@H]1N=[N+]=[N-]. The molecule has 0 spiro atoms. The zero-order valence-corrected chi connectivity index (χ0v) is 10.1. The lowest BCUT2D eigenvalue weighted by molar-refractivity contribution is -0.183. The summed E-state index contributed by atoms with van der Waals surface area (Å²) in [5, 5.41) is 4.79. The van der Waals surface area contributed by atoms with E-state index in [-0.39, 0.29) is 11.8 Å². The number of azide groups is 1. The first-order chi connectivity index (χ1) is 8.72. The average Bonchev–Trinajstić information content (AvgIpc) is 2.66. The minimum atomic E-state index is -0.647. The molecule has 2 atom stereocenters. The topological polar surface area (TPSA) is 78.3 Å². The molecule has 2 rings (SSSR count). The summed E-state index contributed by atoms with van der Waals surface area (Å²) in [5.41, 5.74) is 9.39. The predicted molar refractivity (Wildman–Crippen MR) is 65.0 cm³/mol. The standard InChI is InChI=1S/C12H14N4O2/c1-9-7-16(12(17)11(9)14-15-13)18-8-10-5-3-2-4-6-10/h2-6,9,11H,7-8H2,1H3/t9-,11+/m1/s1. The van der Waals surface area contributed by atoms with Gasteiger partial charge in [-0.3, -0.25) is 9.63 Å². The number of hydrogen-bond donors (Lipinski definition) is 0. The van der Waals surface area contributed by atoms with Gasteiger partial charge in [0.05, 0.1) is 6.54 Å². The van der Waals surface area contributed by atoms with Crippen molar-refractivity contribution in [1.29, 1.82) is 0 Å². The molecular weight excluding hydrogens is 232 g/mol. The van der Waals surface area contributed by atoms with Crippen LogP contribution in [-0.2, 0) is 16.2 Å². The van der Waals surface area contributed by atoms with Gasteiger partial charge in [0.2, 0.25) is 0 Å². The highest BCUT2D eigenvalue weighted by Gasteiger charge is 2.38. The van der Waals surface area contributed by atoms with Crippen molar-refractivity contribution in [3.63, 3.8) is 0 Å². The van der Waals surface area contributed by atoms with E-state index in [4.69, 9.17) is 10.4 Å². The first-order valence-electron chi connectivity index (χ1n) is 5.75. The zero-order chi connectivity index (χ0) is 13.0. The van der Waals surface area contributed by atoms with E-state index in [1.54, 1.807) is 0 Å². The number of benzene rings is 1. The van der Waals surface area contributed by atoms with Gasteiger partial charge in [-0.25, -0.2) is 5.06 Å². The van der Waals surface area contributed by atoms with Crippen molar-refractivity contribution in [2.75, 3.05) is 6.54 Å². The van der Waals surface area contributed by atoms with Gasteiger partial charge in [-0.1, -0.05) is 42.4 Å². The summed E-state index contributed by atoms with van der Waals surface area (Å²) in [4.78, 5) is 20.0. The second-order valence-corrected chi connectivity index (χ2v) is 4.29. The van der Waals surface area contributed by atoms with E-state index in [1.807, 2.05) is 37.3 Å². The third kappa shape index (κ3) is 2.61. The summed E-state index contributed by atoms with van der Waals surface area (Å²) >= 11 is 0. The highest BCUT2D eigenvalue weighted by molar-refractivity contribution is 5.83. The molecule has 1 heterocycles. The molecule has 1 aliphatic rings. The molecule has 0 bridgehead atoms. The molecular formula is C12H14N4O2. The molecule has 18 heavy (non-hydrogen) atoms. The number of carbonyl (C=O) groups is 1. The summed E-state index contributed by atoms with van der Waals surface area (Å²) in [6.45, 7) is 2.65. The lowest BCUT2D eigenvalue weighted by Gasteiger charge is -2.15. The van der Waals surface area contributed by atoms with Crippen LogP contribution < -0.4 is 0 Å². The third-order valence-corrected chi connectivity index (χ3v) is 2.90. The van der Waals surface area contributed by atoms with E-state index in [9.17, 15) is 4.79 Å². The molecule has 1 aromatic carbocycles. The van der Waals surface area contributed by atoms with Crippen molar-refractivity contribution in [2.45, 2.75) is 19.6 Å². The first-order valence-corrected chi connectivity index (χ1v) is 5.75. The number of rotatable bonds is 4. The van der Waals surface area contributed by atoms with Crippen LogP contribution in [0.1, 0.15) is 12.5 Å². The molecule has 0 saturated carbocycles. The van der Waals surface area contributed by atoms with Crippen LogP contribution in [0.2, 0.25) is 0 Å². The monoisotopic (exact) mass is 246 g/mol. The van der Waals surface area contributed by atoms with E-state index in [1.165, 1.54) is 5.06 Å². The van der Waals surface area contributed by atoms with Crippen LogP contribution >= 0.6 is 0 Å². The van der Waals surface area contributed by atoms with Crippen molar-refractivity contribution in [3.8, 4) is 0 Å². The third-order valence-electron chi connectivity index (χ3n) is 2.90. The molecule has 6 nitrogen and oxygen atoms in total. The molecule has 1 aromatic rings.